The van der Waals surface area contributed by atoms with E-state index in [2.05, 4.69) is 48.9 Å². The van der Waals surface area contributed by atoms with Gasteiger partial charge in [-0.1, -0.05) is 32.9 Å². The number of amides is 3. The minimum absolute atomic E-state index is 0.104. The summed E-state index contributed by atoms with van der Waals surface area (Å²) < 4.78 is 11.0. The van der Waals surface area contributed by atoms with Gasteiger partial charge in [0.15, 0.2) is 0 Å². The van der Waals surface area contributed by atoms with Crippen LogP contribution in [-0.2, 0) is 14.9 Å². The molecule has 0 aromatic heterocycles. The van der Waals surface area contributed by atoms with Crippen LogP contribution in [0.25, 0.3) is 0 Å². The van der Waals surface area contributed by atoms with Gasteiger partial charge in [0, 0.05) is 18.0 Å². The molecule has 0 aliphatic carbocycles. The molecule has 1 saturated heterocycles. The molecule has 0 saturated carbocycles. The monoisotopic (exact) mass is 425 g/mol. The topological polar surface area (TPSA) is 88.7 Å². The van der Waals surface area contributed by atoms with Crippen molar-refractivity contribution in [2.45, 2.75) is 45.1 Å². The normalized spacial score (nSPS) is 15.9. The van der Waals surface area contributed by atoms with E-state index < -0.39 is 0 Å². The van der Waals surface area contributed by atoms with Gasteiger partial charge in [-0.05, 0) is 60.2 Å². The molecule has 31 heavy (non-hydrogen) atoms. The van der Waals surface area contributed by atoms with Crippen molar-refractivity contribution in [1.82, 2.24) is 5.32 Å². The number of hydrogen-bond donors (Lipinski definition) is 3. The zero-order chi connectivity index (χ0) is 22.3. The van der Waals surface area contributed by atoms with Gasteiger partial charge in [-0.3, -0.25) is 4.79 Å². The zero-order valence-electron chi connectivity index (χ0n) is 18.4. The third-order valence-electron chi connectivity index (χ3n) is 5.01. The molecule has 1 aliphatic heterocycles. The summed E-state index contributed by atoms with van der Waals surface area (Å²) in [5, 5.41) is 8.34. The molecule has 0 spiro atoms. The molecule has 0 radical (unpaired) electrons. The van der Waals surface area contributed by atoms with Gasteiger partial charge in [0.2, 0.25) is 0 Å². The van der Waals surface area contributed by atoms with E-state index in [9.17, 15) is 9.59 Å². The molecule has 1 heterocycles. The fraction of sp³-hybridized carbons (Fsp3) is 0.417. The van der Waals surface area contributed by atoms with Gasteiger partial charge in [0.25, 0.3) is 5.91 Å². The lowest BCUT2D eigenvalue weighted by molar-refractivity contribution is -0.124. The number of ether oxygens (including phenoxy) is 2. The molecule has 0 bridgehead atoms. The minimum atomic E-state index is -0.373. The highest BCUT2D eigenvalue weighted by atomic mass is 16.5. The molecule has 1 aliphatic rings. The van der Waals surface area contributed by atoms with Gasteiger partial charge in [0.05, 0.1) is 6.54 Å². The van der Waals surface area contributed by atoms with Gasteiger partial charge in [-0.2, -0.15) is 0 Å². The van der Waals surface area contributed by atoms with Crippen molar-refractivity contribution in [3.8, 4) is 5.75 Å². The van der Waals surface area contributed by atoms with Gasteiger partial charge < -0.3 is 25.4 Å². The van der Waals surface area contributed by atoms with E-state index in [0.717, 1.165) is 18.6 Å². The van der Waals surface area contributed by atoms with Crippen LogP contribution in [-0.4, -0.2) is 37.8 Å². The van der Waals surface area contributed by atoms with Crippen molar-refractivity contribution in [1.29, 1.82) is 0 Å². The van der Waals surface area contributed by atoms with Gasteiger partial charge in [0.1, 0.15) is 18.5 Å². The van der Waals surface area contributed by atoms with E-state index in [1.54, 1.807) is 24.3 Å². The Labute approximate surface area is 183 Å². The van der Waals surface area contributed by atoms with Crippen molar-refractivity contribution >= 4 is 23.3 Å². The third kappa shape index (κ3) is 7.00. The molecule has 3 rings (SSSR count). The molecule has 166 valence electrons. The summed E-state index contributed by atoms with van der Waals surface area (Å²) >= 11 is 0. The SMILES string of the molecule is CC(C)(C)c1ccc(OCCNC(=O)Nc2ccc(NC(=O)C3CCCO3)cc2)cc1. The average molecular weight is 426 g/mol. The first-order valence-electron chi connectivity index (χ1n) is 10.6. The average Bonchev–Trinajstić information content (AvgIpc) is 3.27. The second-order valence-electron chi connectivity index (χ2n) is 8.57. The Hall–Kier alpha value is -3.06. The molecular formula is C24H31N3O4. The van der Waals surface area contributed by atoms with E-state index in [1.807, 2.05) is 12.1 Å². The van der Waals surface area contributed by atoms with Crippen LogP contribution in [0.3, 0.4) is 0 Å². The van der Waals surface area contributed by atoms with Crippen LogP contribution in [0.15, 0.2) is 48.5 Å². The molecule has 1 atom stereocenters. The highest BCUT2D eigenvalue weighted by molar-refractivity contribution is 5.95. The van der Waals surface area contributed by atoms with Crippen LogP contribution >= 0.6 is 0 Å². The summed E-state index contributed by atoms with van der Waals surface area (Å²) in [6, 6.07) is 14.6. The van der Waals surface area contributed by atoms with E-state index in [1.165, 1.54) is 5.56 Å². The Morgan fingerprint density at radius 2 is 1.65 bits per heavy atom. The van der Waals surface area contributed by atoms with E-state index in [4.69, 9.17) is 9.47 Å². The predicted molar refractivity (Wildman–Crippen MR) is 122 cm³/mol. The van der Waals surface area contributed by atoms with Crippen LogP contribution in [0.4, 0.5) is 16.2 Å². The molecule has 3 amide bonds. The van der Waals surface area contributed by atoms with E-state index in [-0.39, 0.29) is 23.5 Å². The zero-order valence-corrected chi connectivity index (χ0v) is 18.4. The number of carbonyl (C=O) groups excluding carboxylic acids is 2. The maximum absolute atomic E-state index is 12.1. The van der Waals surface area contributed by atoms with Gasteiger partial charge >= 0.3 is 6.03 Å². The number of nitrogens with one attached hydrogen (secondary N) is 3. The maximum atomic E-state index is 12.1. The Kier molecular flexibility index (Phi) is 7.52. The summed E-state index contributed by atoms with van der Waals surface area (Å²) in [6.07, 6.45) is 1.28. The smallest absolute Gasteiger partial charge is 0.319 e. The Balaban J connectivity index is 1.36. The first kappa shape index (κ1) is 22.6. The number of carbonyl (C=O) groups is 2. The lowest BCUT2D eigenvalue weighted by atomic mass is 9.87. The third-order valence-corrected chi connectivity index (χ3v) is 5.01. The lowest BCUT2D eigenvalue weighted by Crippen LogP contribution is -2.32. The largest absolute Gasteiger partial charge is 0.492 e. The van der Waals surface area contributed by atoms with Crippen LogP contribution in [0, 0.1) is 0 Å². The number of urea groups is 1. The van der Waals surface area contributed by atoms with Gasteiger partial charge in [-0.25, -0.2) is 4.79 Å². The van der Waals surface area contributed by atoms with Crippen molar-refractivity contribution < 1.29 is 19.1 Å². The first-order valence-corrected chi connectivity index (χ1v) is 10.6. The molecule has 1 fully saturated rings. The van der Waals surface area contributed by atoms with Crippen molar-refractivity contribution in [2.75, 3.05) is 30.4 Å². The Morgan fingerprint density at radius 3 is 2.23 bits per heavy atom. The number of anilines is 2. The van der Waals surface area contributed by atoms with E-state index >= 15 is 0 Å². The molecule has 3 N–H and O–H groups in total. The molecule has 7 heteroatoms. The molecule has 7 nitrogen and oxygen atoms in total. The Bertz CT molecular complexity index is 867. The fourth-order valence-corrected chi connectivity index (χ4v) is 3.20. The summed E-state index contributed by atoms with van der Waals surface area (Å²) in [5.74, 6) is 0.639. The van der Waals surface area contributed by atoms with Crippen LogP contribution in [0.2, 0.25) is 0 Å². The molecule has 1 unspecified atom stereocenters. The quantitative estimate of drug-likeness (QED) is 0.577. The van der Waals surface area contributed by atoms with Crippen molar-refractivity contribution in [3.05, 3.63) is 54.1 Å². The first-order chi connectivity index (χ1) is 14.8. The highest BCUT2D eigenvalue weighted by Gasteiger charge is 2.23. The summed E-state index contributed by atoms with van der Waals surface area (Å²) in [5.41, 5.74) is 2.64. The summed E-state index contributed by atoms with van der Waals surface area (Å²) in [7, 11) is 0. The molecular weight excluding hydrogens is 394 g/mol. The highest BCUT2D eigenvalue weighted by Crippen LogP contribution is 2.24. The summed E-state index contributed by atoms with van der Waals surface area (Å²) in [6.45, 7) is 7.88. The maximum Gasteiger partial charge on any atom is 0.319 e. The van der Waals surface area contributed by atoms with Crippen molar-refractivity contribution in [3.63, 3.8) is 0 Å². The fourth-order valence-electron chi connectivity index (χ4n) is 3.20. The number of benzene rings is 2. The summed E-state index contributed by atoms with van der Waals surface area (Å²) in [4.78, 5) is 24.1. The second kappa shape index (κ2) is 10.3. The predicted octanol–water partition coefficient (Wildman–Crippen LogP) is 4.30. The second-order valence-corrected chi connectivity index (χ2v) is 8.57. The minimum Gasteiger partial charge on any atom is -0.492 e. The van der Waals surface area contributed by atoms with Crippen molar-refractivity contribution in [2.24, 2.45) is 0 Å². The molecule has 2 aromatic carbocycles. The number of rotatable bonds is 7. The number of hydrogen-bond acceptors (Lipinski definition) is 4. The van der Waals surface area contributed by atoms with Crippen LogP contribution in [0.5, 0.6) is 5.75 Å². The molecule has 2 aromatic rings. The lowest BCUT2D eigenvalue weighted by Gasteiger charge is -2.19. The van der Waals surface area contributed by atoms with Crippen LogP contribution in [0.1, 0.15) is 39.2 Å². The van der Waals surface area contributed by atoms with Gasteiger partial charge in [-0.15, -0.1) is 0 Å². The Morgan fingerprint density at radius 1 is 1.00 bits per heavy atom. The van der Waals surface area contributed by atoms with Crippen LogP contribution < -0.4 is 20.7 Å². The standard InChI is InChI=1S/C24H31N3O4/c1-24(2,3)17-6-12-20(13-7-17)30-16-14-25-23(29)27-19-10-8-18(9-11-19)26-22(28)21-5-4-15-31-21/h6-13,21H,4-5,14-16H2,1-3H3,(H,26,28)(H2,25,27,29). The van der Waals surface area contributed by atoms with E-state index in [0.29, 0.717) is 31.1 Å².